The van der Waals surface area contributed by atoms with Crippen LogP contribution in [-0.2, 0) is 5.41 Å². The number of piperidine rings is 1. The summed E-state index contributed by atoms with van der Waals surface area (Å²) in [6.07, 6.45) is 2.04. The lowest BCUT2D eigenvalue weighted by atomic mass is 9.81. The first-order chi connectivity index (χ1) is 6.21. The molecule has 0 atom stereocenters. The Labute approximate surface area is 76.7 Å². The SMILES string of the molecule is CC1(c2nc(N)no2)CCNCC1. The second-order valence-electron chi connectivity index (χ2n) is 3.77. The average molecular weight is 182 g/mol. The van der Waals surface area contributed by atoms with Gasteiger partial charge in [-0.15, -0.1) is 0 Å². The van der Waals surface area contributed by atoms with Crippen molar-refractivity contribution in [2.45, 2.75) is 25.2 Å². The first-order valence-corrected chi connectivity index (χ1v) is 4.51. The number of hydrogen-bond acceptors (Lipinski definition) is 5. The minimum Gasteiger partial charge on any atom is -0.365 e. The van der Waals surface area contributed by atoms with E-state index < -0.39 is 0 Å². The molecule has 0 aliphatic carbocycles. The van der Waals surface area contributed by atoms with Crippen molar-refractivity contribution < 1.29 is 4.52 Å². The molecule has 5 heteroatoms. The summed E-state index contributed by atoms with van der Waals surface area (Å²) in [6, 6.07) is 0. The zero-order valence-electron chi connectivity index (χ0n) is 7.71. The van der Waals surface area contributed by atoms with Gasteiger partial charge in [0.05, 0.1) is 0 Å². The van der Waals surface area contributed by atoms with E-state index in [0.717, 1.165) is 25.9 Å². The Balaban J connectivity index is 2.22. The van der Waals surface area contributed by atoms with Crippen LogP contribution in [0.15, 0.2) is 4.52 Å². The van der Waals surface area contributed by atoms with Gasteiger partial charge >= 0.3 is 0 Å². The van der Waals surface area contributed by atoms with E-state index in [1.807, 2.05) is 0 Å². The summed E-state index contributed by atoms with van der Waals surface area (Å²) in [7, 11) is 0. The Morgan fingerprint density at radius 1 is 1.46 bits per heavy atom. The van der Waals surface area contributed by atoms with Crippen LogP contribution >= 0.6 is 0 Å². The Hall–Kier alpha value is -1.10. The smallest absolute Gasteiger partial charge is 0.260 e. The van der Waals surface area contributed by atoms with E-state index >= 15 is 0 Å². The van der Waals surface area contributed by atoms with Gasteiger partial charge in [-0.3, -0.25) is 0 Å². The third-order valence-corrected chi connectivity index (χ3v) is 2.67. The summed E-state index contributed by atoms with van der Waals surface area (Å²) in [5.74, 6) is 0.904. The second kappa shape index (κ2) is 2.99. The molecule has 72 valence electrons. The molecule has 1 saturated heterocycles. The van der Waals surface area contributed by atoms with Gasteiger partial charge in [0.25, 0.3) is 5.95 Å². The highest BCUT2D eigenvalue weighted by Crippen LogP contribution is 2.31. The molecule has 2 rings (SSSR count). The van der Waals surface area contributed by atoms with E-state index in [1.165, 1.54) is 0 Å². The van der Waals surface area contributed by atoms with Crippen LogP contribution in [-0.4, -0.2) is 23.2 Å². The Bertz CT molecular complexity index is 290. The number of rotatable bonds is 1. The fraction of sp³-hybridized carbons (Fsp3) is 0.750. The zero-order valence-corrected chi connectivity index (χ0v) is 7.71. The number of nitrogens with zero attached hydrogens (tertiary/aromatic N) is 2. The molecule has 1 fully saturated rings. The lowest BCUT2D eigenvalue weighted by molar-refractivity contribution is 0.241. The molecular formula is C8H14N4O. The van der Waals surface area contributed by atoms with E-state index in [9.17, 15) is 0 Å². The minimum atomic E-state index is 0.00979. The molecule has 2 heterocycles. The third-order valence-electron chi connectivity index (χ3n) is 2.67. The fourth-order valence-corrected chi connectivity index (χ4v) is 1.67. The van der Waals surface area contributed by atoms with Crippen LogP contribution in [0, 0.1) is 0 Å². The molecule has 13 heavy (non-hydrogen) atoms. The van der Waals surface area contributed by atoms with Crippen molar-refractivity contribution in [3.05, 3.63) is 5.89 Å². The fourth-order valence-electron chi connectivity index (χ4n) is 1.67. The molecule has 1 aliphatic heterocycles. The van der Waals surface area contributed by atoms with Gasteiger partial charge in [-0.25, -0.2) is 0 Å². The highest BCUT2D eigenvalue weighted by molar-refractivity contribution is 5.15. The third kappa shape index (κ3) is 1.51. The maximum Gasteiger partial charge on any atom is 0.260 e. The lowest BCUT2D eigenvalue weighted by Crippen LogP contribution is -2.37. The predicted octanol–water partition coefficient (Wildman–Crippen LogP) is 0.293. The summed E-state index contributed by atoms with van der Waals surface area (Å²) >= 11 is 0. The van der Waals surface area contributed by atoms with Crippen molar-refractivity contribution in [1.29, 1.82) is 0 Å². The lowest BCUT2D eigenvalue weighted by Gasteiger charge is -2.29. The standard InChI is InChI=1S/C8H14N4O/c1-8(2-4-10-5-3-8)6-11-7(9)12-13-6/h10H,2-5H2,1H3,(H2,9,12). The normalized spacial score (nSPS) is 21.6. The predicted molar refractivity (Wildman–Crippen MR) is 48.2 cm³/mol. The summed E-state index contributed by atoms with van der Waals surface area (Å²) in [5.41, 5.74) is 5.42. The molecular weight excluding hydrogens is 168 g/mol. The molecule has 1 aromatic rings. The molecule has 0 aromatic carbocycles. The molecule has 0 amide bonds. The van der Waals surface area contributed by atoms with Gasteiger partial charge in [-0.05, 0) is 31.1 Å². The largest absolute Gasteiger partial charge is 0.365 e. The van der Waals surface area contributed by atoms with Crippen LogP contribution in [0.1, 0.15) is 25.7 Å². The first-order valence-electron chi connectivity index (χ1n) is 4.51. The Kier molecular flexibility index (Phi) is 1.95. The first kappa shape index (κ1) is 8.50. The van der Waals surface area contributed by atoms with Crippen molar-refractivity contribution in [2.24, 2.45) is 0 Å². The molecule has 0 bridgehead atoms. The van der Waals surface area contributed by atoms with Crippen LogP contribution in [0.2, 0.25) is 0 Å². The average Bonchev–Trinajstić information content (AvgIpc) is 2.54. The molecule has 0 spiro atoms. The quantitative estimate of drug-likeness (QED) is 0.653. The van der Waals surface area contributed by atoms with Crippen molar-refractivity contribution in [3.8, 4) is 0 Å². The van der Waals surface area contributed by atoms with Crippen LogP contribution in [0.5, 0.6) is 0 Å². The van der Waals surface area contributed by atoms with Crippen molar-refractivity contribution in [1.82, 2.24) is 15.5 Å². The van der Waals surface area contributed by atoms with Crippen LogP contribution in [0.3, 0.4) is 0 Å². The van der Waals surface area contributed by atoms with Gasteiger partial charge in [0.1, 0.15) is 0 Å². The molecule has 0 unspecified atom stereocenters. The summed E-state index contributed by atoms with van der Waals surface area (Å²) in [4.78, 5) is 4.08. The molecule has 1 aliphatic rings. The molecule has 3 N–H and O–H groups in total. The van der Waals surface area contributed by atoms with E-state index in [1.54, 1.807) is 0 Å². The second-order valence-corrected chi connectivity index (χ2v) is 3.77. The number of anilines is 1. The van der Waals surface area contributed by atoms with E-state index in [0.29, 0.717) is 5.89 Å². The van der Waals surface area contributed by atoms with Gasteiger partial charge in [0.15, 0.2) is 0 Å². The highest BCUT2D eigenvalue weighted by atomic mass is 16.5. The summed E-state index contributed by atoms with van der Waals surface area (Å²) in [6.45, 7) is 4.14. The number of aromatic nitrogens is 2. The van der Waals surface area contributed by atoms with Gasteiger partial charge in [0, 0.05) is 5.41 Å². The molecule has 5 nitrogen and oxygen atoms in total. The van der Waals surface area contributed by atoms with Crippen LogP contribution in [0.25, 0.3) is 0 Å². The maximum atomic E-state index is 5.41. The number of hydrogen-bond donors (Lipinski definition) is 2. The summed E-state index contributed by atoms with van der Waals surface area (Å²) < 4.78 is 5.09. The molecule has 0 radical (unpaired) electrons. The molecule has 1 aromatic heterocycles. The topological polar surface area (TPSA) is 77.0 Å². The zero-order chi connectivity index (χ0) is 9.31. The van der Waals surface area contributed by atoms with Gasteiger partial charge in [0.2, 0.25) is 5.89 Å². The number of nitrogens with two attached hydrogens (primary N) is 1. The van der Waals surface area contributed by atoms with Crippen molar-refractivity contribution in [3.63, 3.8) is 0 Å². The van der Waals surface area contributed by atoms with E-state index in [4.69, 9.17) is 10.3 Å². The Morgan fingerprint density at radius 2 is 2.15 bits per heavy atom. The van der Waals surface area contributed by atoms with Crippen LogP contribution < -0.4 is 11.1 Å². The van der Waals surface area contributed by atoms with Crippen LogP contribution in [0.4, 0.5) is 5.95 Å². The maximum absolute atomic E-state index is 5.41. The van der Waals surface area contributed by atoms with Crippen molar-refractivity contribution >= 4 is 5.95 Å². The van der Waals surface area contributed by atoms with Gasteiger partial charge in [-0.2, -0.15) is 4.98 Å². The van der Waals surface area contributed by atoms with E-state index in [-0.39, 0.29) is 11.4 Å². The van der Waals surface area contributed by atoms with E-state index in [2.05, 4.69) is 22.4 Å². The Morgan fingerprint density at radius 3 is 2.69 bits per heavy atom. The highest BCUT2D eigenvalue weighted by Gasteiger charge is 2.34. The molecule has 0 saturated carbocycles. The monoisotopic (exact) mass is 182 g/mol. The number of nitrogen functional groups attached to an aromatic ring is 1. The minimum absolute atomic E-state index is 0.00979. The van der Waals surface area contributed by atoms with Crippen molar-refractivity contribution in [2.75, 3.05) is 18.8 Å². The van der Waals surface area contributed by atoms with Gasteiger partial charge in [-0.1, -0.05) is 6.92 Å². The summed E-state index contributed by atoms with van der Waals surface area (Å²) in [5, 5.41) is 6.90. The van der Waals surface area contributed by atoms with Gasteiger partial charge < -0.3 is 15.6 Å². The number of nitrogens with one attached hydrogen (secondary N) is 1.